The maximum atomic E-state index is 12.1. The largest absolute Gasteiger partial charge is 0.390 e. The zero-order valence-electron chi connectivity index (χ0n) is 9.98. The van der Waals surface area contributed by atoms with E-state index in [1.807, 2.05) is 0 Å². The Balaban J connectivity index is 2.15. The van der Waals surface area contributed by atoms with E-state index < -0.39 is 18.6 Å². The molecule has 1 fully saturated rings. The molecule has 5 heteroatoms. The average Bonchev–Trinajstić information content (AvgIpc) is 2.59. The lowest BCUT2D eigenvalue weighted by Gasteiger charge is -2.19. The van der Waals surface area contributed by atoms with Gasteiger partial charge in [0, 0.05) is 12.6 Å². The summed E-state index contributed by atoms with van der Waals surface area (Å²) >= 11 is 0. The third-order valence-electron chi connectivity index (χ3n) is 3.11. The van der Waals surface area contributed by atoms with Crippen LogP contribution in [-0.4, -0.2) is 43.3 Å². The Kier molecular flexibility index (Phi) is 5.05. The molecule has 1 aliphatic heterocycles. The van der Waals surface area contributed by atoms with Gasteiger partial charge in [0.05, 0.1) is 6.42 Å². The van der Waals surface area contributed by atoms with Crippen molar-refractivity contribution >= 4 is 0 Å². The smallest absolute Gasteiger partial charge is 0.314 e. The molecule has 0 bridgehead atoms. The monoisotopic (exact) mass is 238 g/mol. The van der Waals surface area contributed by atoms with Gasteiger partial charge in [-0.05, 0) is 38.9 Å². The molecular weight excluding hydrogens is 217 g/mol. The zero-order chi connectivity index (χ0) is 12.2. The average molecular weight is 238 g/mol. The van der Waals surface area contributed by atoms with Gasteiger partial charge in [-0.25, -0.2) is 0 Å². The Hall–Kier alpha value is -0.290. The van der Waals surface area contributed by atoms with Gasteiger partial charge in [-0.1, -0.05) is 6.92 Å². The fourth-order valence-electron chi connectivity index (χ4n) is 2.15. The van der Waals surface area contributed by atoms with E-state index in [0.717, 1.165) is 26.1 Å². The molecule has 0 aromatic carbocycles. The summed E-state index contributed by atoms with van der Waals surface area (Å²) in [5.74, 6) is 0.510. The molecule has 16 heavy (non-hydrogen) atoms. The van der Waals surface area contributed by atoms with E-state index in [9.17, 15) is 13.2 Å². The first kappa shape index (κ1) is 13.8. The molecule has 0 aromatic rings. The van der Waals surface area contributed by atoms with E-state index in [1.165, 1.54) is 0 Å². The van der Waals surface area contributed by atoms with E-state index in [2.05, 4.69) is 17.1 Å². The predicted molar refractivity (Wildman–Crippen MR) is 58.4 cm³/mol. The molecule has 1 aliphatic rings. The van der Waals surface area contributed by atoms with Gasteiger partial charge in [0.2, 0.25) is 0 Å². The van der Waals surface area contributed by atoms with Crippen molar-refractivity contribution in [2.45, 2.75) is 38.9 Å². The minimum atomic E-state index is -4.06. The summed E-state index contributed by atoms with van der Waals surface area (Å²) in [5, 5.41) is 2.98. The molecule has 2 unspecified atom stereocenters. The number of rotatable bonds is 5. The number of nitrogens with zero attached hydrogens (tertiary/aromatic N) is 1. The van der Waals surface area contributed by atoms with Crippen LogP contribution in [0.15, 0.2) is 0 Å². The molecule has 2 nitrogen and oxygen atoms in total. The van der Waals surface area contributed by atoms with E-state index in [1.54, 1.807) is 6.92 Å². The normalized spacial score (nSPS) is 24.9. The van der Waals surface area contributed by atoms with Crippen molar-refractivity contribution in [2.75, 3.05) is 26.2 Å². The minimum Gasteiger partial charge on any atom is -0.314 e. The Morgan fingerprint density at radius 2 is 2.12 bits per heavy atom. The molecule has 1 heterocycles. The number of nitrogens with one attached hydrogen (secondary N) is 1. The molecule has 1 rings (SSSR count). The molecule has 2 atom stereocenters. The molecular formula is C11H21F3N2. The van der Waals surface area contributed by atoms with Crippen molar-refractivity contribution < 1.29 is 13.2 Å². The topological polar surface area (TPSA) is 15.3 Å². The van der Waals surface area contributed by atoms with Crippen molar-refractivity contribution in [1.29, 1.82) is 0 Å². The highest BCUT2D eigenvalue weighted by atomic mass is 19.4. The van der Waals surface area contributed by atoms with E-state index in [4.69, 9.17) is 0 Å². The molecule has 0 amide bonds. The van der Waals surface area contributed by atoms with Gasteiger partial charge in [0.1, 0.15) is 0 Å². The lowest BCUT2D eigenvalue weighted by Crippen LogP contribution is -2.35. The van der Waals surface area contributed by atoms with Crippen LogP contribution >= 0.6 is 0 Å². The Morgan fingerprint density at radius 1 is 1.44 bits per heavy atom. The number of hydrogen-bond acceptors (Lipinski definition) is 2. The number of hydrogen-bond donors (Lipinski definition) is 1. The standard InChI is InChI=1S/C11H21F3N2/c1-3-16-5-4-10(8-16)7-15-9(2)6-11(12,13)14/h9-10,15H,3-8H2,1-2H3. The minimum absolute atomic E-state index is 0.476. The number of halogens is 3. The molecule has 1 saturated heterocycles. The highest BCUT2D eigenvalue weighted by molar-refractivity contribution is 4.77. The summed E-state index contributed by atoms with van der Waals surface area (Å²) in [5.41, 5.74) is 0. The third kappa shape index (κ3) is 5.16. The van der Waals surface area contributed by atoms with Crippen molar-refractivity contribution in [1.82, 2.24) is 10.2 Å². The lowest BCUT2D eigenvalue weighted by molar-refractivity contribution is -0.139. The summed E-state index contributed by atoms with van der Waals surface area (Å²) in [7, 11) is 0. The summed E-state index contributed by atoms with van der Waals surface area (Å²) < 4.78 is 36.2. The van der Waals surface area contributed by atoms with Crippen LogP contribution in [0.1, 0.15) is 26.7 Å². The SMILES string of the molecule is CCN1CCC(CNC(C)CC(F)(F)F)C1. The maximum absolute atomic E-state index is 12.1. The predicted octanol–water partition coefficient (Wildman–Crippen LogP) is 2.26. The Labute approximate surface area is 95.2 Å². The van der Waals surface area contributed by atoms with Crippen LogP contribution in [0.5, 0.6) is 0 Å². The molecule has 0 saturated carbocycles. The second-order valence-electron chi connectivity index (χ2n) is 4.68. The van der Waals surface area contributed by atoms with Gasteiger partial charge in [-0.15, -0.1) is 0 Å². The van der Waals surface area contributed by atoms with Crippen LogP contribution in [0.3, 0.4) is 0 Å². The fraction of sp³-hybridized carbons (Fsp3) is 1.00. The van der Waals surface area contributed by atoms with Crippen LogP contribution in [0, 0.1) is 5.92 Å². The van der Waals surface area contributed by atoms with Crippen LogP contribution < -0.4 is 5.32 Å². The summed E-state index contributed by atoms with van der Waals surface area (Å²) in [6, 6.07) is -0.476. The van der Waals surface area contributed by atoms with Crippen LogP contribution in [0.25, 0.3) is 0 Å². The molecule has 1 N–H and O–H groups in total. The molecule has 0 aliphatic carbocycles. The lowest BCUT2D eigenvalue weighted by atomic mass is 10.1. The first-order chi connectivity index (χ1) is 7.40. The van der Waals surface area contributed by atoms with Crippen LogP contribution in [-0.2, 0) is 0 Å². The Morgan fingerprint density at radius 3 is 2.62 bits per heavy atom. The van der Waals surface area contributed by atoms with Gasteiger partial charge in [0.15, 0.2) is 0 Å². The first-order valence-corrected chi connectivity index (χ1v) is 5.93. The maximum Gasteiger partial charge on any atom is 0.390 e. The summed E-state index contributed by atoms with van der Waals surface area (Å²) in [4.78, 5) is 2.33. The molecule has 96 valence electrons. The van der Waals surface area contributed by atoms with Crippen molar-refractivity contribution in [3.05, 3.63) is 0 Å². The van der Waals surface area contributed by atoms with Crippen molar-refractivity contribution in [2.24, 2.45) is 5.92 Å². The van der Waals surface area contributed by atoms with Gasteiger partial charge < -0.3 is 10.2 Å². The first-order valence-electron chi connectivity index (χ1n) is 5.93. The second kappa shape index (κ2) is 5.87. The molecule has 0 spiro atoms. The Bertz CT molecular complexity index is 206. The highest BCUT2D eigenvalue weighted by Gasteiger charge is 2.30. The summed E-state index contributed by atoms with van der Waals surface area (Å²) in [6.45, 7) is 7.54. The van der Waals surface area contributed by atoms with E-state index in [0.29, 0.717) is 12.5 Å². The quantitative estimate of drug-likeness (QED) is 0.790. The fourth-order valence-corrected chi connectivity index (χ4v) is 2.15. The number of alkyl halides is 3. The van der Waals surface area contributed by atoms with E-state index >= 15 is 0 Å². The third-order valence-corrected chi connectivity index (χ3v) is 3.11. The van der Waals surface area contributed by atoms with Gasteiger partial charge in [-0.3, -0.25) is 0 Å². The zero-order valence-corrected chi connectivity index (χ0v) is 9.98. The van der Waals surface area contributed by atoms with Crippen molar-refractivity contribution in [3.63, 3.8) is 0 Å². The van der Waals surface area contributed by atoms with Crippen LogP contribution in [0.2, 0.25) is 0 Å². The summed E-state index contributed by atoms with van der Waals surface area (Å²) in [6.07, 6.45) is -3.70. The molecule has 0 aromatic heterocycles. The highest BCUT2D eigenvalue weighted by Crippen LogP contribution is 2.22. The van der Waals surface area contributed by atoms with Crippen molar-refractivity contribution in [3.8, 4) is 0 Å². The second-order valence-corrected chi connectivity index (χ2v) is 4.68. The van der Waals surface area contributed by atoms with E-state index in [-0.39, 0.29) is 0 Å². The number of likely N-dealkylation sites (tertiary alicyclic amines) is 1. The molecule has 0 radical (unpaired) electrons. The van der Waals surface area contributed by atoms with Gasteiger partial charge in [0.25, 0.3) is 0 Å². The van der Waals surface area contributed by atoms with Crippen LogP contribution in [0.4, 0.5) is 13.2 Å². The van der Waals surface area contributed by atoms with Gasteiger partial charge >= 0.3 is 6.18 Å². The van der Waals surface area contributed by atoms with Gasteiger partial charge in [-0.2, -0.15) is 13.2 Å².